The summed E-state index contributed by atoms with van der Waals surface area (Å²) in [5.41, 5.74) is 2.65. The van der Waals surface area contributed by atoms with Gasteiger partial charge in [-0.1, -0.05) is 32.4 Å². The molecule has 3 heterocycles. The highest BCUT2D eigenvalue weighted by Gasteiger charge is 2.36. The number of halogens is 1. The Labute approximate surface area is 189 Å². The summed E-state index contributed by atoms with van der Waals surface area (Å²) in [6.07, 6.45) is 3.72. The van der Waals surface area contributed by atoms with Gasteiger partial charge in [0, 0.05) is 25.2 Å². The van der Waals surface area contributed by atoms with E-state index in [1.54, 1.807) is 12.1 Å². The molecule has 4 rings (SSSR count). The summed E-state index contributed by atoms with van der Waals surface area (Å²) < 4.78 is 15.0. The molecule has 0 unspecified atom stereocenters. The molecule has 2 aromatic rings. The fourth-order valence-corrected chi connectivity index (χ4v) is 4.41. The van der Waals surface area contributed by atoms with Crippen molar-refractivity contribution >= 4 is 11.9 Å². The normalized spacial score (nSPS) is 17.6. The predicted molar refractivity (Wildman–Crippen MR) is 121 cm³/mol. The van der Waals surface area contributed by atoms with Crippen LogP contribution in [0.3, 0.4) is 0 Å². The van der Waals surface area contributed by atoms with Gasteiger partial charge < -0.3 is 4.90 Å². The molecule has 7 heteroatoms. The number of carbonyl (C=O) groups excluding carboxylic acids is 2. The Morgan fingerprint density at radius 1 is 1.03 bits per heavy atom. The predicted octanol–water partition coefficient (Wildman–Crippen LogP) is 4.29. The second-order valence-electron chi connectivity index (χ2n) is 9.20. The fraction of sp³-hybridized carbons (Fsp3) is 0.480. The highest BCUT2D eigenvalue weighted by Crippen LogP contribution is 2.24. The zero-order valence-corrected chi connectivity index (χ0v) is 18.9. The second kappa shape index (κ2) is 9.77. The largest absolute Gasteiger partial charge is 0.327 e. The van der Waals surface area contributed by atoms with Crippen molar-refractivity contribution in [2.24, 2.45) is 5.92 Å². The SMILES string of the molecule is CC(C)CN1C(=O)CN(Cc2ccc(-c3cccc(CN4CCCCC4)n3)c(F)c2)C1=O. The molecule has 0 saturated carbocycles. The lowest BCUT2D eigenvalue weighted by atomic mass is 10.1. The van der Waals surface area contributed by atoms with E-state index in [1.165, 1.54) is 35.1 Å². The summed E-state index contributed by atoms with van der Waals surface area (Å²) in [5, 5.41) is 0. The van der Waals surface area contributed by atoms with Gasteiger partial charge in [0.25, 0.3) is 0 Å². The molecule has 6 nitrogen and oxygen atoms in total. The minimum absolute atomic E-state index is 0.0367. The Morgan fingerprint density at radius 2 is 1.81 bits per heavy atom. The number of amides is 3. The minimum Gasteiger partial charge on any atom is -0.311 e. The monoisotopic (exact) mass is 438 g/mol. The average Bonchev–Trinajstić information content (AvgIpc) is 3.02. The summed E-state index contributed by atoms with van der Waals surface area (Å²) in [7, 11) is 0. The molecule has 170 valence electrons. The van der Waals surface area contributed by atoms with Crippen molar-refractivity contribution < 1.29 is 14.0 Å². The third-order valence-electron chi connectivity index (χ3n) is 6.00. The lowest BCUT2D eigenvalue weighted by molar-refractivity contribution is -0.125. The van der Waals surface area contributed by atoms with Crippen molar-refractivity contribution in [1.29, 1.82) is 0 Å². The van der Waals surface area contributed by atoms with E-state index in [1.807, 2.05) is 32.0 Å². The molecular weight excluding hydrogens is 407 g/mol. The van der Waals surface area contributed by atoms with E-state index in [0.717, 1.165) is 25.3 Å². The Hall–Kier alpha value is -2.80. The Morgan fingerprint density at radius 3 is 2.53 bits per heavy atom. The first-order valence-corrected chi connectivity index (χ1v) is 11.5. The van der Waals surface area contributed by atoms with Gasteiger partial charge in [-0.05, 0) is 61.7 Å². The summed E-state index contributed by atoms with van der Waals surface area (Å²) in [5.74, 6) is -0.365. The van der Waals surface area contributed by atoms with E-state index < -0.39 is 0 Å². The summed E-state index contributed by atoms with van der Waals surface area (Å²) in [6, 6.07) is 10.4. The van der Waals surface area contributed by atoms with Gasteiger partial charge in [-0.3, -0.25) is 19.6 Å². The third kappa shape index (κ3) is 5.15. The van der Waals surface area contributed by atoms with Crippen LogP contribution in [0.15, 0.2) is 36.4 Å². The molecule has 2 saturated heterocycles. The van der Waals surface area contributed by atoms with Gasteiger partial charge in [0.2, 0.25) is 5.91 Å². The van der Waals surface area contributed by atoms with Crippen LogP contribution in [0.1, 0.15) is 44.4 Å². The van der Waals surface area contributed by atoms with Gasteiger partial charge in [0.05, 0.1) is 11.4 Å². The fourth-order valence-electron chi connectivity index (χ4n) is 4.41. The van der Waals surface area contributed by atoms with Crippen LogP contribution in [0, 0.1) is 11.7 Å². The molecule has 2 aliphatic rings. The van der Waals surface area contributed by atoms with Crippen LogP contribution in [0.4, 0.5) is 9.18 Å². The number of benzene rings is 1. The summed E-state index contributed by atoms with van der Waals surface area (Å²) in [4.78, 5) is 34.6. The van der Waals surface area contributed by atoms with Gasteiger partial charge in [-0.25, -0.2) is 9.18 Å². The van der Waals surface area contributed by atoms with Crippen LogP contribution < -0.4 is 0 Å². The molecule has 32 heavy (non-hydrogen) atoms. The number of hydrogen-bond acceptors (Lipinski definition) is 4. The van der Waals surface area contributed by atoms with Crippen LogP contribution in [-0.2, 0) is 17.9 Å². The number of piperidine rings is 1. The molecule has 1 aromatic carbocycles. The zero-order chi connectivity index (χ0) is 22.7. The van der Waals surface area contributed by atoms with Crippen molar-refractivity contribution in [3.8, 4) is 11.3 Å². The third-order valence-corrected chi connectivity index (χ3v) is 6.00. The minimum atomic E-state index is -0.373. The van der Waals surface area contributed by atoms with E-state index in [-0.39, 0.29) is 36.8 Å². The number of carbonyl (C=O) groups is 2. The standard InChI is InChI=1S/C25H31FN4O2/c1-18(2)14-30-24(31)17-29(25(30)32)15-19-9-10-21(22(26)13-19)23-8-6-7-20(27-23)16-28-11-4-3-5-12-28/h6-10,13,18H,3-5,11-12,14-17H2,1-2H3. The van der Waals surface area contributed by atoms with E-state index in [4.69, 9.17) is 4.98 Å². The first-order chi connectivity index (χ1) is 15.4. The van der Waals surface area contributed by atoms with Crippen molar-refractivity contribution in [3.63, 3.8) is 0 Å². The molecule has 1 aromatic heterocycles. The number of urea groups is 1. The van der Waals surface area contributed by atoms with Crippen LogP contribution in [0.5, 0.6) is 0 Å². The Bertz CT molecular complexity index is 988. The van der Waals surface area contributed by atoms with E-state index in [0.29, 0.717) is 23.4 Å². The lowest BCUT2D eigenvalue weighted by Crippen LogP contribution is -2.35. The maximum absolute atomic E-state index is 15.0. The number of hydrogen-bond donors (Lipinski definition) is 0. The highest BCUT2D eigenvalue weighted by molar-refractivity contribution is 6.01. The number of nitrogens with zero attached hydrogens (tertiary/aromatic N) is 4. The molecule has 0 N–H and O–H groups in total. The molecule has 0 spiro atoms. The van der Waals surface area contributed by atoms with Gasteiger partial charge in [0.15, 0.2) is 0 Å². The Kier molecular flexibility index (Phi) is 6.84. The van der Waals surface area contributed by atoms with Crippen LogP contribution in [-0.4, -0.2) is 57.8 Å². The first-order valence-electron chi connectivity index (χ1n) is 11.5. The molecule has 0 atom stereocenters. The number of pyridine rings is 1. The molecule has 2 fully saturated rings. The molecular formula is C25H31FN4O2. The van der Waals surface area contributed by atoms with Gasteiger partial charge in [0.1, 0.15) is 12.4 Å². The van der Waals surface area contributed by atoms with E-state index >= 15 is 0 Å². The van der Waals surface area contributed by atoms with Crippen LogP contribution in [0.25, 0.3) is 11.3 Å². The van der Waals surface area contributed by atoms with Crippen LogP contribution in [0.2, 0.25) is 0 Å². The first kappa shape index (κ1) is 22.4. The Balaban J connectivity index is 1.45. The number of aromatic nitrogens is 1. The molecule has 0 aliphatic carbocycles. The summed E-state index contributed by atoms with van der Waals surface area (Å²) in [6.45, 7) is 7.53. The number of imide groups is 1. The number of rotatable bonds is 7. The average molecular weight is 439 g/mol. The maximum Gasteiger partial charge on any atom is 0.327 e. The molecule has 0 bridgehead atoms. The quantitative estimate of drug-likeness (QED) is 0.605. The van der Waals surface area contributed by atoms with Crippen molar-refractivity contribution in [2.45, 2.75) is 46.2 Å². The topological polar surface area (TPSA) is 56.8 Å². The van der Waals surface area contributed by atoms with Crippen LogP contribution >= 0.6 is 0 Å². The van der Waals surface area contributed by atoms with E-state index in [2.05, 4.69) is 4.90 Å². The molecule has 2 aliphatic heterocycles. The smallest absolute Gasteiger partial charge is 0.311 e. The highest BCUT2D eigenvalue weighted by atomic mass is 19.1. The molecule has 3 amide bonds. The second-order valence-corrected chi connectivity index (χ2v) is 9.20. The summed E-state index contributed by atoms with van der Waals surface area (Å²) >= 11 is 0. The van der Waals surface area contributed by atoms with Crippen molar-refractivity contribution in [1.82, 2.24) is 19.7 Å². The van der Waals surface area contributed by atoms with Gasteiger partial charge in [-0.2, -0.15) is 0 Å². The van der Waals surface area contributed by atoms with Crippen molar-refractivity contribution in [3.05, 3.63) is 53.5 Å². The lowest BCUT2D eigenvalue weighted by Gasteiger charge is -2.26. The van der Waals surface area contributed by atoms with Gasteiger partial charge in [-0.15, -0.1) is 0 Å². The molecule has 0 radical (unpaired) electrons. The van der Waals surface area contributed by atoms with Crippen molar-refractivity contribution in [2.75, 3.05) is 26.2 Å². The maximum atomic E-state index is 15.0. The number of likely N-dealkylation sites (tertiary alicyclic amines) is 1. The van der Waals surface area contributed by atoms with E-state index in [9.17, 15) is 14.0 Å². The zero-order valence-electron chi connectivity index (χ0n) is 18.9. The van der Waals surface area contributed by atoms with Gasteiger partial charge >= 0.3 is 6.03 Å².